The number of nitrogen functional groups attached to an aromatic ring is 1. The highest BCUT2D eigenvalue weighted by Crippen LogP contribution is 2.22. The second-order valence-corrected chi connectivity index (χ2v) is 4.01. The molecule has 0 aliphatic carbocycles. The molecule has 1 rings (SSSR count). The number of pyridine rings is 1. The summed E-state index contributed by atoms with van der Waals surface area (Å²) in [5, 5.41) is 9.20. The number of nitrogens with two attached hydrogens (primary N) is 1. The van der Waals surface area contributed by atoms with Crippen molar-refractivity contribution >= 4 is 11.4 Å². The summed E-state index contributed by atoms with van der Waals surface area (Å²) in [5.74, 6) is 0. The van der Waals surface area contributed by atoms with Crippen molar-refractivity contribution < 1.29 is 5.11 Å². The Morgan fingerprint density at radius 2 is 2.14 bits per heavy atom. The number of hydrogen-bond acceptors (Lipinski definition) is 4. The third-order valence-corrected chi connectivity index (χ3v) is 2.43. The van der Waals surface area contributed by atoms with Gasteiger partial charge in [-0.3, -0.25) is 4.98 Å². The maximum absolute atomic E-state index is 9.20. The topological polar surface area (TPSA) is 62.4 Å². The average Bonchev–Trinajstić information content (AvgIpc) is 2.16. The quantitative estimate of drug-likeness (QED) is 0.751. The van der Waals surface area contributed by atoms with Gasteiger partial charge in [0.1, 0.15) is 0 Å². The first kappa shape index (κ1) is 10.8. The molecule has 78 valence electrons. The molecule has 0 spiro atoms. The zero-order valence-electron chi connectivity index (χ0n) is 8.86. The molecule has 0 saturated heterocycles. The maximum atomic E-state index is 9.20. The van der Waals surface area contributed by atoms with Crippen molar-refractivity contribution in [1.82, 2.24) is 4.98 Å². The van der Waals surface area contributed by atoms with E-state index in [0.29, 0.717) is 5.69 Å². The Balaban J connectivity index is 2.94. The average molecular weight is 195 g/mol. The molecule has 4 nitrogen and oxygen atoms in total. The fraction of sp³-hybridized carbons (Fsp3) is 0.500. The predicted molar refractivity (Wildman–Crippen MR) is 58.2 cm³/mol. The minimum Gasteiger partial charge on any atom is -0.397 e. The van der Waals surface area contributed by atoms with Crippen molar-refractivity contribution in [3.8, 4) is 0 Å². The molecule has 0 fully saturated rings. The number of likely N-dealkylation sites (N-methyl/N-ethyl adjacent to an activating group) is 1. The Bertz CT molecular complexity index is 312. The summed E-state index contributed by atoms with van der Waals surface area (Å²) in [4.78, 5) is 5.96. The molecule has 0 bridgehead atoms. The molecule has 1 aromatic rings. The van der Waals surface area contributed by atoms with Gasteiger partial charge in [0.2, 0.25) is 0 Å². The van der Waals surface area contributed by atoms with E-state index in [-0.39, 0.29) is 12.1 Å². The first-order valence-electron chi connectivity index (χ1n) is 4.52. The smallest absolute Gasteiger partial charge is 0.0658 e. The first-order valence-corrected chi connectivity index (χ1v) is 4.52. The monoisotopic (exact) mass is 195 g/mol. The van der Waals surface area contributed by atoms with Crippen LogP contribution in [0.1, 0.15) is 13.8 Å². The van der Waals surface area contributed by atoms with Gasteiger partial charge in [-0.15, -0.1) is 0 Å². The van der Waals surface area contributed by atoms with Gasteiger partial charge in [-0.25, -0.2) is 0 Å². The summed E-state index contributed by atoms with van der Waals surface area (Å²) in [6.07, 6.45) is 3.33. The van der Waals surface area contributed by atoms with E-state index >= 15 is 0 Å². The Hall–Kier alpha value is -1.29. The molecule has 0 atom stereocenters. The summed E-state index contributed by atoms with van der Waals surface area (Å²) >= 11 is 0. The summed E-state index contributed by atoms with van der Waals surface area (Å²) in [6.45, 7) is 3.99. The molecule has 4 heteroatoms. The molecule has 0 saturated carbocycles. The van der Waals surface area contributed by atoms with Crippen LogP contribution in [0.15, 0.2) is 18.5 Å². The Kier molecular flexibility index (Phi) is 2.96. The maximum Gasteiger partial charge on any atom is 0.0658 e. The van der Waals surface area contributed by atoms with Gasteiger partial charge >= 0.3 is 0 Å². The molecular weight excluding hydrogens is 178 g/mol. The lowest BCUT2D eigenvalue weighted by Crippen LogP contribution is -2.44. The molecular formula is C10H17N3O. The van der Waals surface area contributed by atoms with E-state index in [9.17, 15) is 5.11 Å². The molecule has 0 radical (unpaired) electrons. The van der Waals surface area contributed by atoms with Gasteiger partial charge in [-0.2, -0.15) is 0 Å². The second kappa shape index (κ2) is 3.84. The third-order valence-electron chi connectivity index (χ3n) is 2.43. The SMILES string of the molecule is CN(c1cncc(N)c1)C(C)(C)CO. The van der Waals surface area contributed by atoms with Gasteiger partial charge in [-0.05, 0) is 19.9 Å². The highest BCUT2D eigenvalue weighted by Gasteiger charge is 2.22. The largest absolute Gasteiger partial charge is 0.397 e. The predicted octanol–water partition coefficient (Wildman–Crippen LogP) is 0.871. The summed E-state index contributed by atoms with van der Waals surface area (Å²) in [5.41, 5.74) is 6.85. The number of rotatable bonds is 3. The van der Waals surface area contributed by atoms with Crippen LogP contribution >= 0.6 is 0 Å². The molecule has 1 heterocycles. The van der Waals surface area contributed by atoms with E-state index < -0.39 is 0 Å². The zero-order chi connectivity index (χ0) is 10.8. The summed E-state index contributed by atoms with van der Waals surface area (Å²) in [6, 6.07) is 1.84. The van der Waals surface area contributed by atoms with Crippen LogP contribution in [-0.2, 0) is 0 Å². The molecule has 1 aromatic heterocycles. The van der Waals surface area contributed by atoms with Gasteiger partial charge in [0.25, 0.3) is 0 Å². The molecule has 0 aliphatic heterocycles. The molecule has 3 N–H and O–H groups in total. The van der Waals surface area contributed by atoms with Gasteiger partial charge < -0.3 is 15.7 Å². The summed E-state index contributed by atoms with van der Waals surface area (Å²) < 4.78 is 0. The fourth-order valence-corrected chi connectivity index (χ4v) is 1.08. The lowest BCUT2D eigenvalue weighted by molar-refractivity contribution is 0.216. The van der Waals surface area contributed by atoms with Gasteiger partial charge in [0, 0.05) is 13.2 Å². The van der Waals surface area contributed by atoms with E-state index in [1.807, 2.05) is 31.9 Å². The molecule has 0 aromatic carbocycles. The molecule has 0 amide bonds. The third kappa shape index (κ3) is 2.14. The van der Waals surface area contributed by atoms with Crippen LogP contribution in [0, 0.1) is 0 Å². The van der Waals surface area contributed by atoms with Crippen LogP contribution in [0.4, 0.5) is 11.4 Å². The van der Waals surface area contributed by atoms with Crippen LogP contribution in [-0.4, -0.2) is 29.3 Å². The van der Waals surface area contributed by atoms with Crippen molar-refractivity contribution in [3.05, 3.63) is 18.5 Å². The van der Waals surface area contributed by atoms with Gasteiger partial charge in [0.15, 0.2) is 0 Å². The first-order chi connectivity index (χ1) is 6.47. The van der Waals surface area contributed by atoms with Crippen molar-refractivity contribution in [2.75, 3.05) is 24.3 Å². The number of hydrogen-bond donors (Lipinski definition) is 2. The van der Waals surface area contributed by atoms with E-state index in [0.717, 1.165) is 5.69 Å². The van der Waals surface area contributed by atoms with Crippen LogP contribution < -0.4 is 10.6 Å². The second-order valence-electron chi connectivity index (χ2n) is 4.01. The Morgan fingerprint density at radius 3 is 2.64 bits per heavy atom. The fourth-order valence-electron chi connectivity index (χ4n) is 1.08. The standard InChI is InChI=1S/C10H17N3O/c1-10(2,7-14)13(3)9-4-8(11)5-12-6-9/h4-6,14H,7,11H2,1-3H3. The normalized spacial score (nSPS) is 11.4. The van der Waals surface area contributed by atoms with Crippen molar-refractivity contribution in [1.29, 1.82) is 0 Å². The minimum atomic E-state index is -0.310. The van der Waals surface area contributed by atoms with Gasteiger partial charge in [0.05, 0.1) is 29.7 Å². The van der Waals surface area contributed by atoms with Crippen LogP contribution in [0.25, 0.3) is 0 Å². The molecule has 0 unspecified atom stereocenters. The number of anilines is 2. The van der Waals surface area contributed by atoms with E-state index in [2.05, 4.69) is 4.98 Å². The number of nitrogens with zero attached hydrogens (tertiary/aromatic N) is 2. The highest BCUT2D eigenvalue weighted by molar-refractivity contribution is 5.54. The lowest BCUT2D eigenvalue weighted by Gasteiger charge is -2.35. The number of aromatic nitrogens is 1. The van der Waals surface area contributed by atoms with Crippen molar-refractivity contribution in [3.63, 3.8) is 0 Å². The minimum absolute atomic E-state index is 0.0816. The highest BCUT2D eigenvalue weighted by atomic mass is 16.3. The van der Waals surface area contributed by atoms with Crippen molar-refractivity contribution in [2.45, 2.75) is 19.4 Å². The van der Waals surface area contributed by atoms with Crippen LogP contribution in [0.2, 0.25) is 0 Å². The Labute approximate surface area is 84.4 Å². The van der Waals surface area contributed by atoms with E-state index in [1.165, 1.54) is 0 Å². The zero-order valence-corrected chi connectivity index (χ0v) is 8.86. The summed E-state index contributed by atoms with van der Waals surface area (Å²) in [7, 11) is 1.91. The van der Waals surface area contributed by atoms with E-state index in [4.69, 9.17) is 5.73 Å². The van der Waals surface area contributed by atoms with Crippen LogP contribution in [0.3, 0.4) is 0 Å². The van der Waals surface area contributed by atoms with Crippen LogP contribution in [0.5, 0.6) is 0 Å². The molecule has 0 aliphatic rings. The number of aliphatic hydroxyl groups excluding tert-OH is 1. The number of aliphatic hydroxyl groups is 1. The van der Waals surface area contributed by atoms with Crippen molar-refractivity contribution in [2.24, 2.45) is 0 Å². The Morgan fingerprint density at radius 1 is 1.50 bits per heavy atom. The lowest BCUT2D eigenvalue weighted by atomic mass is 10.0. The van der Waals surface area contributed by atoms with Gasteiger partial charge in [-0.1, -0.05) is 0 Å². The molecule has 14 heavy (non-hydrogen) atoms. The van der Waals surface area contributed by atoms with E-state index in [1.54, 1.807) is 12.4 Å².